The molecule has 0 saturated carbocycles. The molecule has 0 aromatic carbocycles. The van der Waals surface area contributed by atoms with Gasteiger partial charge in [0.1, 0.15) is 6.10 Å². The van der Waals surface area contributed by atoms with E-state index < -0.39 is 11.9 Å². The normalized spacial score (nSPS) is 10.2. The minimum absolute atomic E-state index is 0.328. The van der Waals surface area contributed by atoms with Crippen LogP contribution in [-0.4, -0.2) is 23.1 Å². The van der Waals surface area contributed by atoms with Crippen molar-refractivity contribution in [3.05, 3.63) is 37.5 Å². The second-order valence-corrected chi connectivity index (χ2v) is 2.78. The van der Waals surface area contributed by atoms with Gasteiger partial charge in [-0.3, -0.25) is 0 Å². The van der Waals surface area contributed by atoms with Crippen molar-refractivity contribution in [2.75, 3.05) is 0 Å². The monoisotopic (exact) mass is 210 g/mol. The van der Waals surface area contributed by atoms with Gasteiger partial charge in [-0.2, -0.15) is 0 Å². The summed E-state index contributed by atoms with van der Waals surface area (Å²) in [6.07, 6.45) is 5.57. The van der Waals surface area contributed by atoms with Gasteiger partial charge in [0.2, 0.25) is 0 Å². The maximum Gasteiger partial charge on any atom is 0.331 e. The van der Waals surface area contributed by atoms with Crippen LogP contribution in [-0.2, 0) is 14.3 Å². The largest absolute Gasteiger partial charge is 0.478 e. The Labute approximate surface area is 88.6 Å². The maximum absolute atomic E-state index is 11.1. The molecule has 0 atom stereocenters. The van der Waals surface area contributed by atoms with Crippen LogP contribution in [0.15, 0.2) is 37.5 Å². The van der Waals surface area contributed by atoms with E-state index in [2.05, 4.69) is 13.2 Å². The average Bonchev–Trinajstić information content (AvgIpc) is 2.15. The van der Waals surface area contributed by atoms with Crippen molar-refractivity contribution >= 4 is 11.9 Å². The summed E-state index contributed by atoms with van der Waals surface area (Å²) in [6.45, 7) is 7.05. The number of esters is 1. The lowest BCUT2D eigenvalue weighted by Crippen LogP contribution is -2.15. The third-order valence-corrected chi connectivity index (χ3v) is 1.50. The second-order valence-electron chi connectivity index (χ2n) is 2.78. The number of carbonyl (C=O) groups excluding carboxylic acids is 1. The fourth-order valence-electron chi connectivity index (χ4n) is 0.907. The summed E-state index contributed by atoms with van der Waals surface area (Å²) >= 11 is 0. The van der Waals surface area contributed by atoms with Gasteiger partial charge in [0.25, 0.3) is 0 Å². The summed E-state index contributed by atoms with van der Waals surface area (Å²) in [5.74, 6) is -1.86. The van der Waals surface area contributed by atoms with Gasteiger partial charge in [-0.1, -0.05) is 12.2 Å². The van der Waals surface area contributed by atoms with E-state index in [0.29, 0.717) is 12.8 Å². The highest BCUT2D eigenvalue weighted by Crippen LogP contribution is 2.06. The van der Waals surface area contributed by atoms with Crippen molar-refractivity contribution in [3.8, 4) is 0 Å². The van der Waals surface area contributed by atoms with E-state index in [0.717, 1.165) is 12.2 Å². The van der Waals surface area contributed by atoms with Gasteiger partial charge in [-0.05, 0) is 0 Å². The topological polar surface area (TPSA) is 63.6 Å². The molecule has 0 aliphatic rings. The molecule has 0 aromatic rings. The van der Waals surface area contributed by atoms with Crippen LogP contribution in [0, 0.1) is 0 Å². The number of ether oxygens (including phenoxy) is 1. The second kappa shape index (κ2) is 7.55. The molecule has 0 aliphatic heterocycles. The maximum atomic E-state index is 11.1. The van der Waals surface area contributed by atoms with E-state index in [1.54, 1.807) is 12.2 Å². The number of rotatable bonds is 7. The molecular weight excluding hydrogens is 196 g/mol. The minimum atomic E-state index is -1.18. The molecule has 0 fully saturated rings. The predicted molar refractivity (Wildman–Crippen MR) is 56.3 cm³/mol. The van der Waals surface area contributed by atoms with E-state index in [1.807, 2.05) is 0 Å². The van der Waals surface area contributed by atoms with E-state index in [4.69, 9.17) is 9.84 Å². The molecule has 0 spiro atoms. The van der Waals surface area contributed by atoms with Gasteiger partial charge in [0, 0.05) is 25.0 Å². The molecule has 0 aromatic heterocycles. The summed E-state index contributed by atoms with van der Waals surface area (Å²) in [7, 11) is 0. The van der Waals surface area contributed by atoms with Crippen molar-refractivity contribution in [2.45, 2.75) is 18.9 Å². The molecule has 1 N–H and O–H groups in total. The van der Waals surface area contributed by atoms with Gasteiger partial charge in [0.15, 0.2) is 0 Å². The Morgan fingerprint density at radius 1 is 1.20 bits per heavy atom. The molecular formula is C11H14O4. The van der Waals surface area contributed by atoms with E-state index >= 15 is 0 Å². The zero-order valence-electron chi connectivity index (χ0n) is 8.39. The van der Waals surface area contributed by atoms with Crippen LogP contribution < -0.4 is 0 Å². The molecule has 0 aliphatic carbocycles. The fraction of sp³-hybridized carbons (Fsp3) is 0.273. The van der Waals surface area contributed by atoms with Crippen molar-refractivity contribution in [1.82, 2.24) is 0 Å². The highest BCUT2D eigenvalue weighted by atomic mass is 16.5. The Morgan fingerprint density at radius 3 is 2.13 bits per heavy atom. The van der Waals surface area contributed by atoms with Crippen molar-refractivity contribution in [2.24, 2.45) is 0 Å². The van der Waals surface area contributed by atoms with Gasteiger partial charge in [-0.15, -0.1) is 13.2 Å². The Hall–Kier alpha value is -1.84. The highest BCUT2D eigenvalue weighted by molar-refractivity contribution is 5.90. The number of aliphatic carboxylic acids is 1. The first kappa shape index (κ1) is 13.2. The van der Waals surface area contributed by atoms with Gasteiger partial charge in [0.05, 0.1) is 0 Å². The first-order valence-electron chi connectivity index (χ1n) is 4.43. The van der Waals surface area contributed by atoms with Crippen LogP contribution in [0.4, 0.5) is 0 Å². The first-order valence-corrected chi connectivity index (χ1v) is 4.43. The summed E-state index contributed by atoms with van der Waals surface area (Å²) in [4.78, 5) is 21.2. The van der Waals surface area contributed by atoms with Gasteiger partial charge >= 0.3 is 11.9 Å². The molecule has 0 heterocycles. The molecule has 0 amide bonds. The summed E-state index contributed by atoms with van der Waals surface area (Å²) in [6, 6.07) is 0. The number of hydrogen-bond acceptors (Lipinski definition) is 3. The van der Waals surface area contributed by atoms with Crippen LogP contribution in [0.5, 0.6) is 0 Å². The van der Waals surface area contributed by atoms with Gasteiger partial charge in [-0.25, -0.2) is 9.59 Å². The summed E-state index contributed by atoms with van der Waals surface area (Å²) in [5.41, 5.74) is 0. The van der Waals surface area contributed by atoms with Crippen molar-refractivity contribution in [3.63, 3.8) is 0 Å². The van der Waals surface area contributed by atoms with E-state index in [9.17, 15) is 9.59 Å². The van der Waals surface area contributed by atoms with Crippen LogP contribution in [0.3, 0.4) is 0 Å². The van der Waals surface area contributed by atoms with E-state index in [-0.39, 0.29) is 6.10 Å². The standard InChI is InChI=1S/C11H14O4/c1-3-5-9(6-4-2)15-11(14)8-7-10(12)13/h3-4,7-9H,1-2,5-6H2,(H,12,13)/b8-7-. The third-order valence-electron chi connectivity index (χ3n) is 1.50. The lowest BCUT2D eigenvalue weighted by Gasteiger charge is -2.12. The minimum Gasteiger partial charge on any atom is -0.478 e. The summed E-state index contributed by atoms with van der Waals surface area (Å²) in [5, 5.41) is 8.28. The number of carbonyl (C=O) groups is 2. The average molecular weight is 210 g/mol. The van der Waals surface area contributed by atoms with Crippen LogP contribution in [0.25, 0.3) is 0 Å². The lowest BCUT2D eigenvalue weighted by atomic mass is 10.2. The Bertz CT molecular complexity index is 268. The molecule has 0 unspecified atom stereocenters. The quantitative estimate of drug-likeness (QED) is 0.394. The van der Waals surface area contributed by atoms with E-state index in [1.165, 1.54) is 0 Å². The smallest absolute Gasteiger partial charge is 0.331 e. The molecule has 0 saturated heterocycles. The van der Waals surface area contributed by atoms with Crippen LogP contribution >= 0.6 is 0 Å². The molecule has 0 radical (unpaired) electrons. The lowest BCUT2D eigenvalue weighted by molar-refractivity contribution is -0.143. The molecule has 82 valence electrons. The number of hydrogen-bond donors (Lipinski definition) is 1. The van der Waals surface area contributed by atoms with Crippen molar-refractivity contribution < 1.29 is 19.4 Å². The number of carboxylic acids is 1. The zero-order chi connectivity index (χ0) is 11.7. The third kappa shape index (κ3) is 7.25. The fourth-order valence-corrected chi connectivity index (χ4v) is 0.907. The van der Waals surface area contributed by atoms with Gasteiger partial charge < -0.3 is 9.84 Å². The highest BCUT2D eigenvalue weighted by Gasteiger charge is 2.09. The molecule has 0 bridgehead atoms. The predicted octanol–water partition coefficient (Wildman–Crippen LogP) is 1.69. The molecule has 4 heteroatoms. The van der Waals surface area contributed by atoms with Crippen molar-refractivity contribution in [1.29, 1.82) is 0 Å². The Kier molecular flexibility index (Phi) is 6.63. The molecule has 4 nitrogen and oxygen atoms in total. The summed E-state index contributed by atoms with van der Waals surface area (Å²) < 4.78 is 4.95. The SMILES string of the molecule is C=CCC(CC=C)OC(=O)/C=C\C(=O)O. The Balaban J connectivity index is 4.14. The molecule has 15 heavy (non-hydrogen) atoms. The first-order chi connectivity index (χ1) is 7.10. The Morgan fingerprint density at radius 2 is 1.73 bits per heavy atom. The number of carboxylic acid groups (broad SMARTS) is 1. The zero-order valence-corrected chi connectivity index (χ0v) is 8.39. The van der Waals surface area contributed by atoms with Crippen LogP contribution in [0.2, 0.25) is 0 Å². The van der Waals surface area contributed by atoms with Crippen LogP contribution in [0.1, 0.15) is 12.8 Å². The molecule has 0 rings (SSSR count).